The minimum atomic E-state index is -1.91. The molecule has 126 heavy (non-hydrogen) atoms. The molecule has 1 saturated carbocycles. The molecular weight excluding hydrogens is 1670 g/mol. The molecule has 0 aliphatic heterocycles. The van der Waals surface area contributed by atoms with Gasteiger partial charge >= 0.3 is 5.97 Å². The normalized spacial score (nSPS) is 16.4. The largest absolute Gasteiger partial charge is 0.481 e. The standard InChI is InChI=1S/C84H154N20O20S2/c1-8-9-10-11-12-13-14-15-16-17-18-19-20-32-69(109)93-62(39-45-125-6)74(114)92-50-70(110)94-65(48-55-33-35-56(107)36-34-55)81(121)99-61(37-38-68(89)108)78(118)97-58(29-22-25-42-86)75(115)96-59(30-23-26-43-87)76(116)101-64(47-52(2)3)80(120)98-60(31-27-44-91-54(5)88)77(117)103-67(51-105)83(123)100-63(40-46-126-7)79(119)104-72(53(4)106)84(124)102-66(49-71(111)112)82(122)95-57(73(90)113)28-21-24-41-85/h52-53,55-67,72,105-107H,8-51,85-87H2,1-7H3,(H2,88,91)(H2,89,108)(H2,90,113)(H,92,114)(H,93,109)(H,94,110)(H,95,122)(H,96,115)(H,97,118)(H,98,120)(H,99,121)(H,100,123)(H,101,116)(H,102,124)(H,103,117)(H,104,119)(H,111,112)/t53-,55?,56?,57+,58+,59+,60+,61+,62+,63+,64+,65+,66+,67+,72+/m1/s1. The molecule has 1 fully saturated rings. The summed E-state index contributed by atoms with van der Waals surface area (Å²) in [6, 6.07) is -18.2. The van der Waals surface area contributed by atoms with E-state index in [9.17, 15) is 97.1 Å². The Morgan fingerprint density at radius 2 is 0.794 bits per heavy atom. The van der Waals surface area contributed by atoms with Crippen molar-refractivity contribution in [2.75, 3.05) is 63.3 Å². The molecule has 722 valence electrons. The average molecular weight is 1830 g/mol. The highest BCUT2D eigenvalue weighted by molar-refractivity contribution is 7.98. The zero-order valence-electron chi connectivity index (χ0n) is 75.4. The molecular formula is C84H154N20O20S2. The summed E-state index contributed by atoms with van der Waals surface area (Å²) in [5, 5.41) is 74.7. The Labute approximate surface area is 751 Å². The highest BCUT2D eigenvalue weighted by Crippen LogP contribution is 2.28. The highest BCUT2D eigenvalue weighted by Gasteiger charge is 2.39. The molecule has 0 bridgehead atoms. The number of carboxylic acid groups (broad SMARTS) is 1. The molecule has 1 aliphatic rings. The third kappa shape index (κ3) is 52.1. The first-order valence-corrected chi connectivity index (χ1v) is 47.8. The van der Waals surface area contributed by atoms with Crippen LogP contribution in [0.1, 0.15) is 266 Å². The van der Waals surface area contributed by atoms with Crippen molar-refractivity contribution in [3.63, 3.8) is 0 Å². The fourth-order valence-electron chi connectivity index (χ4n) is 14.1. The van der Waals surface area contributed by atoms with Crippen LogP contribution in [-0.2, 0) is 76.7 Å². The number of amidine groups is 1. The van der Waals surface area contributed by atoms with Crippen LogP contribution < -0.4 is 104 Å². The van der Waals surface area contributed by atoms with Gasteiger partial charge in [-0.1, -0.05) is 97.8 Å². The Bertz CT molecular complexity index is 3340. The van der Waals surface area contributed by atoms with E-state index in [-0.39, 0.29) is 133 Å². The second-order valence-electron chi connectivity index (χ2n) is 33.0. The molecule has 0 heterocycles. The van der Waals surface area contributed by atoms with Crippen molar-refractivity contribution in [1.82, 2.24) is 69.1 Å². The molecule has 0 aromatic carbocycles. The number of amides is 15. The number of hydrogen-bond donors (Lipinski definition) is 23. The first-order chi connectivity index (χ1) is 60.0. The molecule has 15 amide bonds. The van der Waals surface area contributed by atoms with Gasteiger partial charge in [0.25, 0.3) is 0 Å². The van der Waals surface area contributed by atoms with Crippen molar-refractivity contribution in [2.24, 2.45) is 51.2 Å². The van der Waals surface area contributed by atoms with E-state index >= 15 is 0 Å². The fourth-order valence-corrected chi connectivity index (χ4v) is 15.1. The van der Waals surface area contributed by atoms with Gasteiger partial charge in [-0.05, 0) is 204 Å². The molecule has 1 rings (SSSR count). The Hall–Kier alpha value is -8.55. The lowest BCUT2D eigenvalue weighted by Crippen LogP contribution is -2.62. The Morgan fingerprint density at radius 3 is 1.23 bits per heavy atom. The molecule has 40 nitrogen and oxygen atoms in total. The number of carbonyl (C=O) groups excluding carboxylic acids is 15. The van der Waals surface area contributed by atoms with E-state index in [0.717, 1.165) is 32.6 Å². The van der Waals surface area contributed by atoms with E-state index in [1.54, 1.807) is 20.1 Å². The maximum atomic E-state index is 14.8. The molecule has 0 radical (unpaired) electrons. The zero-order chi connectivity index (χ0) is 94.5. The molecule has 1 aliphatic carbocycles. The highest BCUT2D eigenvalue weighted by atomic mass is 32.2. The number of hydrogen-bond acceptors (Lipinski definition) is 25. The lowest BCUT2D eigenvalue weighted by molar-refractivity contribution is -0.142. The second kappa shape index (κ2) is 68.6. The monoisotopic (exact) mass is 1830 g/mol. The third-order valence-corrected chi connectivity index (χ3v) is 22.7. The Balaban J connectivity index is 3.62. The van der Waals surface area contributed by atoms with Crippen LogP contribution in [0.25, 0.3) is 0 Å². The number of aliphatic hydroxyl groups is 3. The van der Waals surface area contributed by atoms with Crippen LogP contribution in [0.3, 0.4) is 0 Å². The molecule has 0 saturated heterocycles. The number of primary amides is 2. The van der Waals surface area contributed by atoms with Gasteiger partial charge in [0.05, 0.1) is 37.6 Å². The molecule has 0 unspecified atom stereocenters. The average Bonchev–Trinajstić information content (AvgIpc) is 0.853. The number of nitrogens with two attached hydrogens (primary N) is 6. The topological polar surface area (TPSA) is 679 Å². The summed E-state index contributed by atoms with van der Waals surface area (Å²) >= 11 is 2.71. The number of nitrogens with zero attached hydrogens (tertiary/aromatic N) is 1. The van der Waals surface area contributed by atoms with Gasteiger partial charge in [0.2, 0.25) is 88.6 Å². The van der Waals surface area contributed by atoms with Crippen LogP contribution >= 0.6 is 23.5 Å². The SMILES string of the molecule is CCCCCCCCCCCCCCCC(=O)N[C@@H](CCSC)C(=O)NCC(=O)N[C@@H](CC1CCC(O)CC1)C(=O)N[C@@H](CCC(N)=O)C(=O)N[C@@H](CCCCN)C(=O)N[C@@H](CCCCN)C(=O)N[C@@H](CC(C)C)C(=O)N[C@@H](CCCN=C(C)N)C(=O)N[C@@H](CO)C(=O)N[C@@H](CCSC)C(=O)N[C@H](C(=O)N[C@@H](CC(=O)O)C(=O)N[C@@H](CCCCN)C(N)=O)[C@@H](C)O. The van der Waals surface area contributed by atoms with Gasteiger partial charge in [-0.2, -0.15) is 23.5 Å². The Kier molecular flexibility index (Phi) is 62.8. The molecule has 13 atom stereocenters. The van der Waals surface area contributed by atoms with Crippen LogP contribution in [0.2, 0.25) is 0 Å². The molecule has 0 spiro atoms. The fraction of sp³-hybridized carbons (Fsp3) is 0.798. The quantitative estimate of drug-likeness (QED) is 0.0198. The smallest absolute Gasteiger partial charge is 0.305 e. The van der Waals surface area contributed by atoms with E-state index in [1.807, 2.05) is 6.26 Å². The number of aliphatic imine (C=N–C) groups is 1. The van der Waals surface area contributed by atoms with Crippen LogP contribution in [0.5, 0.6) is 0 Å². The number of carbonyl (C=O) groups is 16. The van der Waals surface area contributed by atoms with Crippen molar-refractivity contribution < 1.29 is 97.1 Å². The van der Waals surface area contributed by atoms with Gasteiger partial charge in [-0.15, -0.1) is 0 Å². The minimum absolute atomic E-state index is 0.0289. The van der Waals surface area contributed by atoms with Crippen LogP contribution in [-0.4, -0.2) is 269 Å². The lowest BCUT2D eigenvalue weighted by Gasteiger charge is -2.30. The van der Waals surface area contributed by atoms with E-state index in [1.165, 1.54) is 81.8 Å². The summed E-state index contributed by atoms with van der Waals surface area (Å²) in [7, 11) is 0. The third-order valence-electron chi connectivity index (χ3n) is 21.4. The van der Waals surface area contributed by atoms with E-state index in [4.69, 9.17) is 34.4 Å². The van der Waals surface area contributed by atoms with E-state index in [0.29, 0.717) is 63.5 Å². The van der Waals surface area contributed by atoms with Gasteiger partial charge in [-0.25, -0.2) is 0 Å². The van der Waals surface area contributed by atoms with E-state index < -0.39 is 206 Å². The predicted octanol–water partition coefficient (Wildman–Crippen LogP) is -0.962. The number of nitrogens with one attached hydrogen (secondary N) is 13. The predicted molar refractivity (Wildman–Crippen MR) is 483 cm³/mol. The molecule has 0 aromatic rings. The maximum Gasteiger partial charge on any atom is 0.305 e. The number of aliphatic carboxylic acids is 1. The van der Waals surface area contributed by atoms with Crippen molar-refractivity contribution in [3.8, 4) is 0 Å². The van der Waals surface area contributed by atoms with Gasteiger partial charge in [0.1, 0.15) is 72.5 Å². The maximum absolute atomic E-state index is 14.8. The minimum Gasteiger partial charge on any atom is -0.481 e. The number of unbranched alkanes of at least 4 members (excludes halogenated alkanes) is 15. The number of carboxylic acids is 1. The molecule has 42 heteroatoms. The number of aliphatic hydroxyl groups excluding tert-OH is 3. The summed E-state index contributed by atoms with van der Waals surface area (Å²) in [6.07, 6.45) is 18.1. The molecule has 0 aromatic heterocycles. The van der Waals surface area contributed by atoms with Crippen LogP contribution in [0.4, 0.5) is 0 Å². The van der Waals surface area contributed by atoms with Gasteiger partial charge in [0.15, 0.2) is 0 Å². The van der Waals surface area contributed by atoms with E-state index in [2.05, 4.69) is 81.0 Å². The Morgan fingerprint density at radius 1 is 0.413 bits per heavy atom. The van der Waals surface area contributed by atoms with Crippen molar-refractivity contribution in [2.45, 2.75) is 350 Å². The van der Waals surface area contributed by atoms with Gasteiger partial charge in [-0.3, -0.25) is 81.7 Å². The lowest BCUT2D eigenvalue weighted by atomic mass is 9.83. The number of thioether (sulfide) groups is 2. The number of rotatable bonds is 73. The first-order valence-electron chi connectivity index (χ1n) is 45.0. The zero-order valence-corrected chi connectivity index (χ0v) is 77.0. The van der Waals surface area contributed by atoms with Crippen molar-refractivity contribution >= 4 is 124 Å². The first kappa shape index (κ1) is 115. The van der Waals surface area contributed by atoms with Crippen molar-refractivity contribution in [1.29, 1.82) is 0 Å². The van der Waals surface area contributed by atoms with Gasteiger partial charge in [0, 0.05) is 19.4 Å². The summed E-state index contributed by atoms with van der Waals surface area (Å²) < 4.78 is 0. The summed E-state index contributed by atoms with van der Waals surface area (Å²) in [6.45, 7) is 7.23. The second-order valence-corrected chi connectivity index (χ2v) is 35.0. The molecule has 29 N–H and O–H groups in total. The van der Waals surface area contributed by atoms with Gasteiger partial charge < -0.3 is 124 Å². The summed E-state index contributed by atoms with van der Waals surface area (Å²) in [5.41, 5.74) is 34.2. The van der Waals surface area contributed by atoms with Crippen molar-refractivity contribution in [3.05, 3.63) is 0 Å². The van der Waals surface area contributed by atoms with Crippen LogP contribution in [0, 0.1) is 11.8 Å². The van der Waals surface area contributed by atoms with Crippen LogP contribution in [0.15, 0.2) is 4.99 Å². The summed E-state index contributed by atoms with van der Waals surface area (Å²) in [5.74, 6) is -14.9. The summed E-state index contributed by atoms with van der Waals surface area (Å²) in [4.78, 5) is 225.